The van der Waals surface area contributed by atoms with Gasteiger partial charge in [0.25, 0.3) is 0 Å². The van der Waals surface area contributed by atoms with E-state index >= 15 is 0 Å². The Labute approximate surface area is 524 Å². The lowest BCUT2D eigenvalue weighted by Crippen LogP contribution is -1.99. The van der Waals surface area contributed by atoms with E-state index in [0.29, 0.717) is 0 Å². The Hall–Kier alpha value is -11.7. The third-order valence-electron chi connectivity index (χ3n) is 19.1. The molecule has 0 saturated heterocycles. The summed E-state index contributed by atoms with van der Waals surface area (Å²) in [7, 11) is 0. The molecule has 0 unspecified atom stereocenters. The van der Waals surface area contributed by atoms with Gasteiger partial charge in [-0.05, 0) is 200 Å². The molecule has 2 aliphatic rings. The average Bonchev–Trinajstić information content (AvgIpc) is 1.52. The fourth-order valence-electron chi connectivity index (χ4n) is 15.5. The van der Waals surface area contributed by atoms with Crippen LogP contribution in [0.5, 0.6) is 0 Å². The van der Waals surface area contributed by atoms with Crippen LogP contribution in [-0.2, 0) is 0 Å². The molecule has 16 aromatic rings. The molecule has 0 aromatic heterocycles. The minimum atomic E-state index is 1.20. The van der Waals surface area contributed by atoms with Gasteiger partial charge in [0.05, 0.1) is 0 Å². The standard InChI is InChI=1S/C90H56/c1-9-27-57(28-10-1)77-79(59-31-13-3-14-32-59)83(63-39-21-7-22-40-63)89-75-53-51-69(71-43-25-45-73(85(71)75)87(89)81(77)61-35-17-5-18-36-61)67-49-47-66-56-68(50-48-65(66)55-67)70-52-54-76-86-72(70)44-26-46-74(86)88-82(62-37-19-6-20-38-62)78(58-29-11-2-12-30-58)80(60-33-15-4-16-34-60)84(90(76)88)64-41-23-8-24-42-64/h1-56H. The van der Waals surface area contributed by atoms with Gasteiger partial charge in [-0.1, -0.05) is 328 Å². The van der Waals surface area contributed by atoms with Crippen molar-refractivity contribution in [2.75, 3.05) is 0 Å². The van der Waals surface area contributed by atoms with E-state index in [4.69, 9.17) is 0 Å². The second kappa shape index (κ2) is 21.0. The van der Waals surface area contributed by atoms with Gasteiger partial charge in [-0.2, -0.15) is 0 Å². The highest BCUT2D eigenvalue weighted by Gasteiger charge is 2.36. The zero-order chi connectivity index (χ0) is 59.2. The molecular formula is C90H56. The molecule has 0 heterocycles. The van der Waals surface area contributed by atoms with Gasteiger partial charge in [-0.3, -0.25) is 0 Å². The van der Waals surface area contributed by atoms with E-state index in [2.05, 4.69) is 340 Å². The van der Waals surface area contributed by atoms with E-state index in [1.807, 2.05) is 0 Å². The Kier molecular flexibility index (Phi) is 12.0. The topological polar surface area (TPSA) is 0 Å². The molecule has 0 spiro atoms. The summed E-state index contributed by atoms with van der Waals surface area (Å²) >= 11 is 0. The Bertz CT molecular complexity index is 4920. The smallest absolute Gasteiger partial charge is 0.000718 e. The van der Waals surface area contributed by atoms with Crippen molar-refractivity contribution in [3.8, 4) is 156 Å². The lowest BCUT2D eigenvalue weighted by molar-refractivity contribution is 1.54. The highest BCUT2D eigenvalue weighted by atomic mass is 14.4. The summed E-state index contributed by atoms with van der Waals surface area (Å²) in [6, 6.07) is 126. The minimum Gasteiger partial charge on any atom is -0.0622 e. The molecule has 0 radical (unpaired) electrons. The normalized spacial score (nSPS) is 11.8. The first-order valence-corrected chi connectivity index (χ1v) is 31.3. The van der Waals surface area contributed by atoms with E-state index < -0.39 is 0 Å². The molecule has 0 amide bonds. The quantitative estimate of drug-likeness (QED) is 0.128. The molecule has 0 fully saturated rings. The second-order valence-electron chi connectivity index (χ2n) is 24.0. The first-order chi connectivity index (χ1) is 44.7. The van der Waals surface area contributed by atoms with Crippen molar-refractivity contribution in [3.63, 3.8) is 0 Å². The van der Waals surface area contributed by atoms with E-state index in [1.165, 1.54) is 188 Å². The van der Waals surface area contributed by atoms with Crippen LogP contribution in [0.2, 0.25) is 0 Å². The van der Waals surface area contributed by atoms with Crippen molar-refractivity contribution in [1.29, 1.82) is 0 Å². The Morgan fingerprint density at radius 1 is 0.122 bits per heavy atom. The van der Waals surface area contributed by atoms with Crippen LogP contribution >= 0.6 is 0 Å². The van der Waals surface area contributed by atoms with Gasteiger partial charge >= 0.3 is 0 Å². The molecule has 0 atom stereocenters. The summed E-state index contributed by atoms with van der Waals surface area (Å²) in [5.74, 6) is 0. The van der Waals surface area contributed by atoms with Crippen LogP contribution in [0.15, 0.2) is 340 Å². The maximum Gasteiger partial charge on any atom is -0.000718 e. The third kappa shape index (κ3) is 8.02. The summed E-state index contributed by atoms with van der Waals surface area (Å²) in [5.41, 5.74) is 34.7. The molecule has 0 saturated carbocycles. The zero-order valence-corrected chi connectivity index (χ0v) is 49.3. The van der Waals surface area contributed by atoms with Gasteiger partial charge in [0.1, 0.15) is 0 Å². The van der Waals surface area contributed by atoms with Crippen molar-refractivity contribution >= 4 is 32.3 Å². The molecular weight excluding hydrogens is 1080 g/mol. The van der Waals surface area contributed by atoms with Crippen molar-refractivity contribution in [2.45, 2.75) is 0 Å². The number of fused-ring (bicyclic) bond motifs is 7. The zero-order valence-electron chi connectivity index (χ0n) is 49.3. The Morgan fingerprint density at radius 3 is 0.578 bits per heavy atom. The van der Waals surface area contributed by atoms with Gasteiger partial charge in [0, 0.05) is 0 Å². The van der Waals surface area contributed by atoms with Crippen molar-refractivity contribution in [1.82, 2.24) is 0 Å². The molecule has 2 aliphatic carbocycles. The van der Waals surface area contributed by atoms with Crippen LogP contribution in [-0.4, -0.2) is 0 Å². The second-order valence-corrected chi connectivity index (χ2v) is 24.0. The molecule has 0 heteroatoms. The van der Waals surface area contributed by atoms with Crippen LogP contribution in [0.25, 0.3) is 188 Å². The molecule has 0 N–H and O–H groups in total. The van der Waals surface area contributed by atoms with Crippen molar-refractivity contribution < 1.29 is 0 Å². The molecule has 0 nitrogen and oxygen atoms in total. The van der Waals surface area contributed by atoms with Crippen molar-refractivity contribution in [2.24, 2.45) is 0 Å². The SMILES string of the molecule is c1ccc(-c2c(-c3ccccc3)c(-c3ccccc3)c3c(c2-c2ccccc2)-c2cccc4c(-c5ccc6cc(-c7ccc8c9c(cccc79)-c7c(-c9ccccc9)c(-c9ccccc9)c(-c9ccccc9)c(-c9ccccc9)c7-8)ccc6c5)ccc-3c24)cc1. The van der Waals surface area contributed by atoms with E-state index in [9.17, 15) is 0 Å². The lowest BCUT2D eigenvalue weighted by Gasteiger charge is -2.26. The first kappa shape index (κ1) is 51.5. The van der Waals surface area contributed by atoms with Crippen LogP contribution in [0, 0.1) is 0 Å². The number of rotatable bonds is 10. The number of benzene rings is 16. The van der Waals surface area contributed by atoms with Gasteiger partial charge in [-0.15, -0.1) is 0 Å². The minimum absolute atomic E-state index is 1.20. The fraction of sp³-hybridized carbons (Fsp3) is 0. The van der Waals surface area contributed by atoms with Crippen LogP contribution < -0.4 is 0 Å². The van der Waals surface area contributed by atoms with Crippen LogP contribution in [0.1, 0.15) is 0 Å². The monoisotopic (exact) mass is 1140 g/mol. The maximum absolute atomic E-state index is 2.42. The predicted molar refractivity (Wildman–Crippen MR) is 382 cm³/mol. The summed E-state index contributed by atoms with van der Waals surface area (Å²) in [6.07, 6.45) is 0. The molecule has 0 aliphatic heterocycles. The summed E-state index contributed by atoms with van der Waals surface area (Å²) in [4.78, 5) is 0. The van der Waals surface area contributed by atoms with Gasteiger partial charge in [0.2, 0.25) is 0 Å². The third-order valence-corrected chi connectivity index (χ3v) is 19.1. The summed E-state index contributed by atoms with van der Waals surface area (Å²) in [6.45, 7) is 0. The Balaban J connectivity index is 0.811. The maximum atomic E-state index is 2.42. The highest BCUT2D eigenvalue weighted by molar-refractivity contribution is 6.29. The van der Waals surface area contributed by atoms with E-state index in [-0.39, 0.29) is 0 Å². The van der Waals surface area contributed by atoms with E-state index in [1.54, 1.807) is 0 Å². The van der Waals surface area contributed by atoms with Gasteiger partial charge < -0.3 is 0 Å². The average molecular weight is 1140 g/mol. The molecule has 16 aromatic carbocycles. The highest BCUT2D eigenvalue weighted by Crippen LogP contribution is 2.64. The van der Waals surface area contributed by atoms with E-state index in [0.717, 1.165) is 0 Å². The number of hydrogen-bond acceptors (Lipinski definition) is 0. The van der Waals surface area contributed by atoms with Gasteiger partial charge in [0.15, 0.2) is 0 Å². The summed E-state index contributed by atoms with van der Waals surface area (Å²) < 4.78 is 0. The number of hydrogen-bond donors (Lipinski definition) is 0. The van der Waals surface area contributed by atoms with Crippen LogP contribution in [0.3, 0.4) is 0 Å². The molecule has 90 heavy (non-hydrogen) atoms. The van der Waals surface area contributed by atoms with Gasteiger partial charge in [-0.25, -0.2) is 0 Å². The molecule has 416 valence electrons. The molecule has 0 bridgehead atoms. The largest absolute Gasteiger partial charge is 0.0622 e. The molecule has 18 rings (SSSR count). The van der Waals surface area contributed by atoms with Crippen LogP contribution in [0.4, 0.5) is 0 Å². The predicted octanol–water partition coefficient (Wildman–Crippen LogP) is 25.1. The fourth-order valence-corrected chi connectivity index (χ4v) is 15.5. The summed E-state index contributed by atoms with van der Waals surface area (Å²) in [5, 5.41) is 7.52. The lowest BCUT2D eigenvalue weighted by atomic mass is 9.76. The van der Waals surface area contributed by atoms with Crippen molar-refractivity contribution in [3.05, 3.63) is 340 Å². The first-order valence-electron chi connectivity index (χ1n) is 31.3. The Morgan fingerprint density at radius 2 is 0.333 bits per heavy atom.